The van der Waals surface area contributed by atoms with Crippen molar-refractivity contribution in [3.8, 4) is 0 Å². The molecule has 0 aromatic heterocycles. The minimum absolute atomic E-state index is 0.0359. The van der Waals surface area contributed by atoms with Gasteiger partial charge in [0.1, 0.15) is 0 Å². The van der Waals surface area contributed by atoms with Crippen molar-refractivity contribution < 1.29 is 5.11 Å². The standard InChI is InChI=1S/C6H12O.C3H8/c7-6-4-2-1-3-5-6;1-3-2/h6-7H,1-5H2;3H2,1-2H3. The van der Waals surface area contributed by atoms with Crippen LogP contribution in [0.2, 0.25) is 0 Å². The Labute approximate surface area is 64.5 Å². The monoisotopic (exact) mass is 144 g/mol. The van der Waals surface area contributed by atoms with Crippen LogP contribution < -0.4 is 0 Å². The molecule has 0 radical (unpaired) electrons. The zero-order valence-electron chi connectivity index (χ0n) is 7.27. The van der Waals surface area contributed by atoms with Gasteiger partial charge in [-0.25, -0.2) is 0 Å². The molecule has 0 aromatic rings. The van der Waals surface area contributed by atoms with Crippen molar-refractivity contribution in [2.45, 2.75) is 58.5 Å². The van der Waals surface area contributed by atoms with Crippen molar-refractivity contribution in [1.82, 2.24) is 0 Å². The van der Waals surface area contributed by atoms with Gasteiger partial charge in [-0.05, 0) is 12.8 Å². The first-order valence-electron chi connectivity index (χ1n) is 4.49. The van der Waals surface area contributed by atoms with Crippen LogP contribution in [-0.4, -0.2) is 11.2 Å². The highest BCUT2D eigenvalue weighted by molar-refractivity contribution is 4.61. The largest absolute Gasteiger partial charge is 0.393 e. The molecule has 1 fully saturated rings. The van der Waals surface area contributed by atoms with Gasteiger partial charge in [-0.2, -0.15) is 0 Å². The quantitative estimate of drug-likeness (QED) is 0.554. The maximum atomic E-state index is 8.91. The molecule has 0 heterocycles. The van der Waals surface area contributed by atoms with Gasteiger partial charge in [-0.1, -0.05) is 39.5 Å². The van der Waals surface area contributed by atoms with Crippen molar-refractivity contribution in [3.05, 3.63) is 0 Å². The predicted octanol–water partition coefficient (Wildman–Crippen LogP) is 2.73. The molecule has 1 aliphatic carbocycles. The van der Waals surface area contributed by atoms with Crippen molar-refractivity contribution in [2.24, 2.45) is 0 Å². The SMILES string of the molecule is CCC.OC1CCCCC1. The molecule has 1 aliphatic rings. The van der Waals surface area contributed by atoms with Crippen LogP contribution in [0.4, 0.5) is 0 Å². The van der Waals surface area contributed by atoms with Gasteiger partial charge >= 0.3 is 0 Å². The summed E-state index contributed by atoms with van der Waals surface area (Å²) in [7, 11) is 0. The average molecular weight is 144 g/mol. The lowest BCUT2D eigenvalue weighted by molar-refractivity contribution is 0.130. The Kier molecular flexibility index (Phi) is 7.04. The van der Waals surface area contributed by atoms with Gasteiger partial charge in [0.15, 0.2) is 0 Å². The van der Waals surface area contributed by atoms with E-state index in [0.29, 0.717) is 0 Å². The molecule has 1 nitrogen and oxygen atoms in total. The molecule has 1 saturated carbocycles. The molecule has 0 amide bonds. The number of hydrogen-bond acceptors (Lipinski definition) is 1. The highest BCUT2D eigenvalue weighted by Crippen LogP contribution is 2.16. The molecule has 0 bridgehead atoms. The van der Waals surface area contributed by atoms with Gasteiger partial charge in [0.25, 0.3) is 0 Å². The highest BCUT2D eigenvalue weighted by atomic mass is 16.3. The van der Waals surface area contributed by atoms with Gasteiger partial charge in [0.05, 0.1) is 6.10 Å². The van der Waals surface area contributed by atoms with E-state index in [-0.39, 0.29) is 6.10 Å². The Bertz CT molecular complexity index is 55.7. The number of rotatable bonds is 0. The number of hydrogen-bond donors (Lipinski definition) is 1. The molecule has 0 aliphatic heterocycles. The smallest absolute Gasteiger partial charge is 0.0540 e. The number of aliphatic hydroxyl groups excluding tert-OH is 1. The lowest BCUT2D eigenvalue weighted by Crippen LogP contribution is -2.09. The Balaban J connectivity index is 0.000000236. The third-order valence-electron chi connectivity index (χ3n) is 1.57. The van der Waals surface area contributed by atoms with E-state index in [1.807, 2.05) is 0 Å². The summed E-state index contributed by atoms with van der Waals surface area (Å²) in [6, 6.07) is 0. The summed E-state index contributed by atoms with van der Waals surface area (Å²) in [4.78, 5) is 0. The fourth-order valence-corrected chi connectivity index (χ4v) is 1.08. The second-order valence-electron chi connectivity index (χ2n) is 3.00. The molecular formula is C9H20O. The van der Waals surface area contributed by atoms with Crippen molar-refractivity contribution in [2.75, 3.05) is 0 Å². The van der Waals surface area contributed by atoms with Gasteiger partial charge in [0.2, 0.25) is 0 Å². The molecule has 0 spiro atoms. The Hall–Kier alpha value is -0.0400. The summed E-state index contributed by atoms with van der Waals surface area (Å²) in [6.45, 7) is 4.25. The molecule has 10 heavy (non-hydrogen) atoms. The lowest BCUT2D eigenvalue weighted by atomic mass is 9.98. The Morgan fingerprint density at radius 3 is 1.70 bits per heavy atom. The minimum atomic E-state index is 0.0359. The second kappa shape index (κ2) is 7.07. The van der Waals surface area contributed by atoms with Crippen LogP contribution in [0, 0.1) is 0 Å². The van der Waals surface area contributed by atoms with E-state index in [1.54, 1.807) is 0 Å². The van der Waals surface area contributed by atoms with Crippen LogP contribution in [0.25, 0.3) is 0 Å². The molecule has 1 rings (SSSR count). The first kappa shape index (κ1) is 9.96. The van der Waals surface area contributed by atoms with Gasteiger partial charge < -0.3 is 5.11 Å². The van der Waals surface area contributed by atoms with Crippen LogP contribution in [-0.2, 0) is 0 Å². The molecular weight excluding hydrogens is 124 g/mol. The fourth-order valence-electron chi connectivity index (χ4n) is 1.08. The predicted molar refractivity (Wildman–Crippen MR) is 45.1 cm³/mol. The minimum Gasteiger partial charge on any atom is -0.393 e. The molecule has 0 aromatic carbocycles. The average Bonchev–Trinajstić information content (AvgIpc) is 1.91. The van der Waals surface area contributed by atoms with Gasteiger partial charge in [-0.15, -0.1) is 0 Å². The fraction of sp³-hybridized carbons (Fsp3) is 1.00. The normalized spacial score (nSPS) is 19.5. The zero-order chi connectivity index (χ0) is 7.82. The maximum absolute atomic E-state index is 8.91. The Morgan fingerprint density at radius 1 is 1.10 bits per heavy atom. The Morgan fingerprint density at radius 2 is 1.50 bits per heavy atom. The topological polar surface area (TPSA) is 20.2 Å². The summed E-state index contributed by atoms with van der Waals surface area (Å²) in [6.07, 6.45) is 7.17. The van der Waals surface area contributed by atoms with Crippen LogP contribution >= 0.6 is 0 Å². The lowest BCUT2D eigenvalue weighted by Gasteiger charge is -2.14. The van der Waals surface area contributed by atoms with E-state index in [0.717, 1.165) is 12.8 Å². The van der Waals surface area contributed by atoms with Crippen LogP contribution in [0.3, 0.4) is 0 Å². The highest BCUT2D eigenvalue weighted by Gasteiger charge is 2.07. The molecule has 0 saturated heterocycles. The van der Waals surface area contributed by atoms with Crippen molar-refractivity contribution >= 4 is 0 Å². The van der Waals surface area contributed by atoms with E-state index in [4.69, 9.17) is 5.11 Å². The second-order valence-corrected chi connectivity index (χ2v) is 3.00. The third-order valence-corrected chi connectivity index (χ3v) is 1.57. The molecule has 62 valence electrons. The van der Waals surface area contributed by atoms with Gasteiger partial charge in [0, 0.05) is 0 Å². The summed E-state index contributed by atoms with van der Waals surface area (Å²) in [5.41, 5.74) is 0. The summed E-state index contributed by atoms with van der Waals surface area (Å²) in [5, 5.41) is 8.91. The molecule has 0 unspecified atom stereocenters. The van der Waals surface area contributed by atoms with E-state index in [9.17, 15) is 0 Å². The van der Waals surface area contributed by atoms with Crippen LogP contribution in [0.1, 0.15) is 52.4 Å². The van der Waals surface area contributed by atoms with Crippen molar-refractivity contribution in [3.63, 3.8) is 0 Å². The van der Waals surface area contributed by atoms with Crippen LogP contribution in [0.15, 0.2) is 0 Å². The molecule has 0 atom stereocenters. The van der Waals surface area contributed by atoms with E-state index >= 15 is 0 Å². The van der Waals surface area contributed by atoms with E-state index < -0.39 is 0 Å². The molecule has 1 N–H and O–H groups in total. The van der Waals surface area contributed by atoms with Gasteiger partial charge in [-0.3, -0.25) is 0 Å². The first-order chi connectivity index (χ1) is 4.81. The third kappa shape index (κ3) is 6.09. The molecule has 1 heteroatoms. The van der Waals surface area contributed by atoms with Crippen molar-refractivity contribution in [1.29, 1.82) is 0 Å². The first-order valence-corrected chi connectivity index (χ1v) is 4.49. The zero-order valence-corrected chi connectivity index (χ0v) is 7.27. The number of aliphatic hydroxyl groups is 1. The van der Waals surface area contributed by atoms with E-state index in [1.165, 1.54) is 25.7 Å². The maximum Gasteiger partial charge on any atom is 0.0540 e. The summed E-state index contributed by atoms with van der Waals surface area (Å²) < 4.78 is 0. The summed E-state index contributed by atoms with van der Waals surface area (Å²) in [5.74, 6) is 0. The van der Waals surface area contributed by atoms with Crippen LogP contribution in [0.5, 0.6) is 0 Å². The summed E-state index contributed by atoms with van der Waals surface area (Å²) >= 11 is 0. The van der Waals surface area contributed by atoms with E-state index in [2.05, 4.69) is 13.8 Å².